The van der Waals surface area contributed by atoms with Crippen LogP contribution in [-0.2, 0) is 16.6 Å². The zero-order chi connectivity index (χ0) is 22.5. The summed E-state index contributed by atoms with van der Waals surface area (Å²) in [5.41, 5.74) is 5.69. The number of hydrogen-bond donors (Lipinski definition) is 1. The maximum atomic E-state index is 8.00. The number of carbonyl (C=O) groups excluding carboxylic acids is 2. The van der Waals surface area contributed by atoms with Crippen molar-refractivity contribution in [2.45, 2.75) is 13.8 Å². The average molecular weight is 405 g/mol. The van der Waals surface area contributed by atoms with Crippen LogP contribution < -0.4 is 5.32 Å². The minimum absolute atomic E-state index is 1.10. The van der Waals surface area contributed by atoms with E-state index in [2.05, 4.69) is 57.9 Å². The van der Waals surface area contributed by atoms with Crippen molar-refractivity contribution in [3.63, 3.8) is 0 Å². The maximum absolute atomic E-state index is 8.00. The molecule has 0 bridgehead atoms. The number of anilines is 1. The Balaban J connectivity index is 0.000000691. The van der Waals surface area contributed by atoms with E-state index in [1.165, 1.54) is 5.39 Å². The van der Waals surface area contributed by atoms with Gasteiger partial charge in [0, 0.05) is 54.9 Å². The minimum atomic E-state index is 1.10. The number of rotatable bonds is 3. The van der Waals surface area contributed by atoms with Gasteiger partial charge in [0.15, 0.2) is 0 Å². The number of nitrogens with zero attached hydrogens (tertiary/aromatic N) is 3. The molecular weight excluding hydrogens is 376 g/mol. The third kappa shape index (κ3) is 5.61. The van der Waals surface area contributed by atoms with Crippen LogP contribution in [0.5, 0.6) is 0 Å². The van der Waals surface area contributed by atoms with Crippen molar-refractivity contribution >= 4 is 30.0 Å². The molecule has 1 N–H and O–H groups in total. The number of hydrogen-bond acceptors (Lipinski definition) is 5. The van der Waals surface area contributed by atoms with Gasteiger partial charge in [0.1, 0.15) is 13.6 Å². The highest BCUT2D eigenvalue weighted by molar-refractivity contribution is 5.97. The fourth-order valence-corrected chi connectivity index (χ4v) is 2.96. The van der Waals surface area contributed by atoms with Crippen LogP contribution in [0.3, 0.4) is 0 Å². The fraction of sp³-hybridized carbons (Fsp3) is 0.167. The molecule has 0 amide bonds. The van der Waals surface area contributed by atoms with E-state index < -0.39 is 0 Å². The highest BCUT2D eigenvalue weighted by Crippen LogP contribution is 2.31. The molecule has 6 heteroatoms. The van der Waals surface area contributed by atoms with Crippen LogP contribution in [0.1, 0.15) is 13.8 Å². The van der Waals surface area contributed by atoms with Crippen LogP contribution in [0.25, 0.3) is 33.0 Å². The highest BCUT2D eigenvalue weighted by Gasteiger charge is 2.07. The molecule has 0 radical (unpaired) electrons. The molecule has 2 aromatic carbocycles. The molecule has 6 nitrogen and oxygen atoms in total. The molecule has 0 aliphatic carbocycles. The van der Waals surface area contributed by atoms with Gasteiger partial charge in [-0.1, -0.05) is 44.2 Å². The number of fused-ring (bicyclic) bond motifs is 1. The van der Waals surface area contributed by atoms with Crippen molar-refractivity contribution in [3.05, 3.63) is 67.3 Å². The summed E-state index contributed by atoms with van der Waals surface area (Å²) >= 11 is 0. The Morgan fingerprint density at radius 2 is 1.47 bits per heavy atom. The zero-order valence-electron chi connectivity index (χ0n) is 17.9. The van der Waals surface area contributed by atoms with Crippen LogP contribution in [0.15, 0.2) is 67.3 Å². The van der Waals surface area contributed by atoms with Crippen molar-refractivity contribution in [2.24, 2.45) is 7.05 Å². The van der Waals surface area contributed by atoms with Gasteiger partial charge in [-0.25, -0.2) is 0 Å². The molecule has 156 valence electrons. The molecule has 0 atom stereocenters. The largest absolute Gasteiger partial charge is 0.388 e. The maximum Gasteiger partial charge on any atom is 0.106 e. The number of benzene rings is 2. The molecule has 0 spiro atoms. The Hall–Kier alpha value is -3.80. The summed E-state index contributed by atoms with van der Waals surface area (Å²) in [5.74, 6) is 0. The Morgan fingerprint density at radius 3 is 2.03 bits per heavy atom. The predicted octanol–water partition coefficient (Wildman–Crippen LogP) is 5.00. The number of aryl methyl sites for hydroxylation is 1. The standard InChI is InChI=1S/C20H18N4.C2H6.2CH2O/c1-21-18-8-7-16-10-22-12-20(19(16)9-18)15-5-3-14(4-6-15)17-11-23-24(2)13-17;3*1-2/h3-13,21H,1-2H3;1-2H3;2*1H2. The van der Waals surface area contributed by atoms with Gasteiger partial charge in [0.25, 0.3) is 0 Å². The first-order valence-electron chi connectivity index (χ1n) is 9.47. The highest BCUT2D eigenvalue weighted by atomic mass is 16.1. The van der Waals surface area contributed by atoms with Crippen LogP contribution >= 0.6 is 0 Å². The summed E-state index contributed by atoms with van der Waals surface area (Å²) in [6, 6.07) is 14.9. The van der Waals surface area contributed by atoms with Gasteiger partial charge in [0.05, 0.1) is 6.20 Å². The zero-order valence-corrected chi connectivity index (χ0v) is 17.9. The topological polar surface area (TPSA) is 76.9 Å². The molecule has 0 fully saturated rings. The monoisotopic (exact) mass is 404 g/mol. The van der Waals surface area contributed by atoms with Crippen LogP contribution in [0.2, 0.25) is 0 Å². The quantitative estimate of drug-likeness (QED) is 0.520. The fourth-order valence-electron chi connectivity index (χ4n) is 2.96. The minimum Gasteiger partial charge on any atom is -0.388 e. The first kappa shape index (κ1) is 24.2. The van der Waals surface area contributed by atoms with Crippen molar-refractivity contribution in [3.8, 4) is 22.3 Å². The van der Waals surface area contributed by atoms with Gasteiger partial charge >= 0.3 is 0 Å². The summed E-state index contributed by atoms with van der Waals surface area (Å²) < 4.78 is 1.82. The van der Waals surface area contributed by atoms with Crippen LogP contribution in [0, 0.1) is 0 Å². The second-order valence-electron chi connectivity index (χ2n) is 5.85. The van der Waals surface area contributed by atoms with Crippen molar-refractivity contribution in [1.29, 1.82) is 0 Å². The van der Waals surface area contributed by atoms with E-state index >= 15 is 0 Å². The third-order valence-electron chi connectivity index (χ3n) is 4.28. The third-order valence-corrected chi connectivity index (χ3v) is 4.28. The summed E-state index contributed by atoms with van der Waals surface area (Å²) in [6.45, 7) is 8.00. The van der Waals surface area contributed by atoms with E-state index in [1.54, 1.807) is 0 Å². The van der Waals surface area contributed by atoms with Gasteiger partial charge < -0.3 is 14.9 Å². The van der Waals surface area contributed by atoms with Gasteiger partial charge in [-0.05, 0) is 28.6 Å². The summed E-state index contributed by atoms with van der Waals surface area (Å²) in [6.07, 6.45) is 7.74. The van der Waals surface area contributed by atoms with E-state index in [0.717, 1.165) is 33.3 Å². The van der Waals surface area contributed by atoms with E-state index in [9.17, 15) is 0 Å². The lowest BCUT2D eigenvalue weighted by Gasteiger charge is -2.09. The van der Waals surface area contributed by atoms with Gasteiger partial charge in [-0.15, -0.1) is 0 Å². The van der Waals surface area contributed by atoms with E-state index in [-0.39, 0.29) is 0 Å². The Labute approximate surface area is 177 Å². The molecule has 0 saturated heterocycles. The second-order valence-corrected chi connectivity index (χ2v) is 5.85. The Bertz CT molecular complexity index is 1040. The lowest BCUT2D eigenvalue weighted by atomic mass is 9.98. The summed E-state index contributed by atoms with van der Waals surface area (Å²) in [5, 5.41) is 9.78. The van der Waals surface area contributed by atoms with Gasteiger partial charge in [-0.2, -0.15) is 5.10 Å². The van der Waals surface area contributed by atoms with E-state index in [1.807, 2.05) is 71.0 Å². The molecule has 0 aliphatic rings. The molecule has 4 aromatic rings. The number of carbonyl (C=O) groups is 2. The summed E-state index contributed by atoms with van der Waals surface area (Å²) in [4.78, 5) is 20.4. The first-order valence-corrected chi connectivity index (χ1v) is 9.47. The van der Waals surface area contributed by atoms with Crippen LogP contribution in [0.4, 0.5) is 5.69 Å². The Kier molecular flexibility index (Phi) is 10.2. The SMILES string of the molecule is C=O.C=O.CC.CNc1ccc2cncc(-c3ccc(-c4cnn(C)c4)cc3)c2c1. The number of aromatic nitrogens is 3. The molecule has 0 aliphatic heterocycles. The van der Waals surface area contributed by atoms with Crippen molar-refractivity contribution < 1.29 is 9.59 Å². The normalized spacial score (nSPS) is 9.20. The average Bonchev–Trinajstić information content (AvgIpc) is 3.28. The molecule has 0 unspecified atom stereocenters. The predicted molar refractivity (Wildman–Crippen MR) is 125 cm³/mol. The van der Waals surface area contributed by atoms with E-state index in [4.69, 9.17) is 9.59 Å². The van der Waals surface area contributed by atoms with Crippen molar-refractivity contribution in [1.82, 2.24) is 14.8 Å². The number of nitrogens with one attached hydrogen (secondary N) is 1. The Morgan fingerprint density at radius 1 is 0.833 bits per heavy atom. The number of pyridine rings is 1. The molecule has 4 rings (SSSR count). The van der Waals surface area contributed by atoms with Gasteiger partial charge in [0.2, 0.25) is 0 Å². The van der Waals surface area contributed by atoms with E-state index in [0.29, 0.717) is 0 Å². The van der Waals surface area contributed by atoms with Gasteiger partial charge in [-0.3, -0.25) is 9.67 Å². The lowest BCUT2D eigenvalue weighted by molar-refractivity contribution is -0.0987. The molecule has 30 heavy (non-hydrogen) atoms. The van der Waals surface area contributed by atoms with Crippen molar-refractivity contribution in [2.75, 3.05) is 12.4 Å². The first-order chi connectivity index (χ1) is 14.7. The van der Waals surface area contributed by atoms with Crippen LogP contribution in [-0.4, -0.2) is 35.4 Å². The second kappa shape index (κ2) is 12.6. The molecule has 0 saturated carbocycles. The lowest BCUT2D eigenvalue weighted by Crippen LogP contribution is -1.89. The molecule has 2 aromatic heterocycles. The molecular formula is C24H28N4O2. The molecule has 2 heterocycles. The summed E-state index contributed by atoms with van der Waals surface area (Å²) in [7, 11) is 3.86. The smallest absolute Gasteiger partial charge is 0.106 e.